The molecular formula is C17H28N2S. The fourth-order valence-corrected chi connectivity index (χ4v) is 3.25. The van der Waals surface area contributed by atoms with E-state index in [-0.39, 0.29) is 0 Å². The summed E-state index contributed by atoms with van der Waals surface area (Å²) in [5.41, 5.74) is 2.78. The van der Waals surface area contributed by atoms with Crippen LogP contribution in [0.4, 0.5) is 5.69 Å². The lowest BCUT2D eigenvalue weighted by Crippen LogP contribution is -2.29. The van der Waals surface area contributed by atoms with Crippen molar-refractivity contribution in [3.63, 3.8) is 0 Å². The highest BCUT2D eigenvalue weighted by Crippen LogP contribution is 2.20. The van der Waals surface area contributed by atoms with Crippen molar-refractivity contribution in [3.8, 4) is 0 Å². The van der Waals surface area contributed by atoms with Gasteiger partial charge in [-0.25, -0.2) is 0 Å². The number of hydrogen-bond donors (Lipinski definition) is 1. The number of nitrogens with one attached hydrogen (secondary N) is 1. The molecule has 0 aliphatic carbocycles. The average molecular weight is 292 g/mol. The van der Waals surface area contributed by atoms with Crippen LogP contribution in [0.15, 0.2) is 24.3 Å². The number of anilines is 1. The van der Waals surface area contributed by atoms with Crippen LogP contribution in [0.5, 0.6) is 0 Å². The standard InChI is InChI=1S/C17H28N2S/c1-15(10-13-20-2)18-14-16-6-8-17(9-7-16)19-11-4-3-5-12-19/h6-9,15,18H,3-5,10-14H2,1-2H3. The lowest BCUT2D eigenvalue weighted by molar-refractivity contribution is 0.537. The minimum atomic E-state index is 0.601. The summed E-state index contributed by atoms with van der Waals surface area (Å²) in [6.07, 6.45) is 7.50. The molecule has 0 saturated carbocycles. The fraction of sp³-hybridized carbons (Fsp3) is 0.647. The Balaban J connectivity index is 1.79. The van der Waals surface area contributed by atoms with E-state index >= 15 is 0 Å². The zero-order valence-electron chi connectivity index (χ0n) is 12.9. The first-order chi connectivity index (χ1) is 9.79. The molecule has 0 bridgehead atoms. The van der Waals surface area contributed by atoms with Crippen LogP contribution in [0.1, 0.15) is 38.2 Å². The Hall–Kier alpha value is -0.670. The van der Waals surface area contributed by atoms with Crippen LogP contribution < -0.4 is 10.2 Å². The highest BCUT2D eigenvalue weighted by molar-refractivity contribution is 7.98. The van der Waals surface area contributed by atoms with Gasteiger partial charge in [0, 0.05) is 31.4 Å². The van der Waals surface area contributed by atoms with Crippen LogP contribution in [0.25, 0.3) is 0 Å². The molecule has 0 amide bonds. The van der Waals surface area contributed by atoms with Crippen molar-refractivity contribution in [2.75, 3.05) is 30.0 Å². The molecular weight excluding hydrogens is 264 g/mol. The predicted octanol–water partition coefficient (Wildman–Crippen LogP) is 3.91. The van der Waals surface area contributed by atoms with Crippen LogP contribution in [0, 0.1) is 0 Å². The van der Waals surface area contributed by atoms with Gasteiger partial charge in [0.1, 0.15) is 0 Å². The summed E-state index contributed by atoms with van der Waals surface area (Å²) < 4.78 is 0. The van der Waals surface area contributed by atoms with Crippen LogP contribution in [0.3, 0.4) is 0 Å². The Kier molecular flexibility index (Phi) is 6.74. The third-order valence-electron chi connectivity index (χ3n) is 4.07. The monoisotopic (exact) mass is 292 g/mol. The van der Waals surface area contributed by atoms with E-state index in [1.807, 2.05) is 11.8 Å². The first-order valence-corrected chi connectivity index (χ1v) is 9.25. The third-order valence-corrected chi connectivity index (χ3v) is 4.71. The van der Waals surface area contributed by atoms with Crippen molar-refractivity contribution in [1.82, 2.24) is 5.32 Å². The fourth-order valence-electron chi connectivity index (χ4n) is 2.67. The van der Waals surface area contributed by atoms with Gasteiger partial charge in [0.05, 0.1) is 0 Å². The van der Waals surface area contributed by atoms with Crippen molar-refractivity contribution in [2.45, 2.75) is 45.2 Å². The normalized spacial score (nSPS) is 17.2. The number of piperidine rings is 1. The average Bonchev–Trinajstić information content (AvgIpc) is 2.52. The highest BCUT2D eigenvalue weighted by Gasteiger charge is 2.10. The minimum absolute atomic E-state index is 0.601. The molecule has 1 N–H and O–H groups in total. The molecule has 1 saturated heterocycles. The van der Waals surface area contributed by atoms with E-state index in [2.05, 4.69) is 47.7 Å². The summed E-state index contributed by atoms with van der Waals surface area (Å²) in [4.78, 5) is 2.52. The second-order valence-corrected chi connectivity index (χ2v) is 6.76. The molecule has 1 aromatic rings. The van der Waals surface area contributed by atoms with Crippen LogP contribution >= 0.6 is 11.8 Å². The largest absolute Gasteiger partial charge is 0.372 e. The molecule has 1 aromatic carbocycles. The zero-order chi connectivity index (χ0) is 14.2. The van der Waals surface area contributed by atoms with Gasteiger partial charge in [-0.1, -0.05) is 12.1 Å². The van der Waals surface area contributed by atoms with E-state index in [9.17, 15) is 0 Å². The Morgan fingerprint density at radius 3 is 2.50 bits per heavy atom. The summed E-state index contributed by atoms with van der Waals surface area (Å²) in [5.74, 6) is 1.24. The molecule has 0 radical (unpaired) electrons. The lowest BCUT2D eigenvalue weighted by Gasteiger charge is -2.29. The number of nitrogens with zero attached hydrogens (tertiary/aromatic N) is 1. The molecule has 1 fully saturated rings. The molecule has 2 rings (SSSR count). The van der Waals surface area contributed by atoms with Gasteiger partial charge in [-0.15, -0.1) is 0 Å². The van der Waals surface area contributed by atoms with Gasteiger partial charge >= 0.3 is 0 Å². The summed E-state index contributed by atoms with van der Waals surface area (Å²) in [6, 6.07) is 9.73. The van der Waals surface area contributed by atoms with Gasteiger partial charge in [-0.2, -0.15) is 11.8 Å². The van der Waals surface area contributed by atoms with E-state index < -0.39 is 0 Å². The van der Waals surface area contributed by atoms with E-state index in [0.29, 0.717) is 6.04 Å². The van der Waals surface area contributed by atoms with Gasteiger partial charge in [0.15, 0.2) is 0 Å². The maximum atomic E-state index is 3.61. The van der Waals surface area contributed by atoms with Gasteiger partial charge in [0.2, 0.25) is 0 Å². The third kappa shape index (κ3) is 5.02. The second kappa shape index (κ2) is 8.58. The van der Waals surface area contributed by atoms with Crippen LogP contribution in [-0.2, 0) is 6.54 Å². The van der Waals surface area contributed by atoms with E-state index in [4.69, 9.17) is 0 Å². The molecule has 3 heteroatoms. The molecule has 1 unspecified atom stereocenters. The van der Waals surface area contributed by atoms with Gasteiger partial charge in [-0.3, -0.25) is 0 Å². The smallest absolute Gasteiger partial charge is 0.0366 e. The molecule has 1 atom stereocenters. The Labute approximate surface area is 128 Å². The molecule has 1 aliphatic rings. The number of hydrogen-bond acceptors (Lipinski definition) is 3. The van der Waals surface area contributed by atoms with Gasteiger partial charge in [0.25, 0.3) is 0 Å². The summed E-state index contributed by atoms with van der Waals surface area (Å²) in [6.45, 7) is 5.71. The van der Waals surface area contributed by atoms with E-state index in [1.54, 1.807) is 0 Å². The maximum absolute atomic E-state index is 3.61. The Bertz CT molecular complexity index is 371. The van der Waals surface area contributed by atoms with Crippen molar-refractivity contribution in [1.29, 1.82) is 0 Å². The molecule has 1 aliphatic heterocycles. The number of thioether (sulfide) groups is 1. The zero-order valence-corrected chi connectivity index (χ0v) is 13.7. The molecule has 2 nitrogen and oxygen atoms in total. The maximum Gasteiger partial charge on any atom is 0.0366 e. The van der Waals surface area contributed by atoms with Gasteiger partial charge < -0.3 is 10.2 Å². The van der Waals surface area contributed by atoms with Crippen molar-refractivity contribution < 1.29 is 0 Å². The first-order valence-electron chi connectivity index (χ1n) is 7.86. The predicted molar refractivity (Wildman–Crippen MR) is 91.8 cm³/mol. The summed E-state index contributed by atoms with van der Waals surface area (Å²) in [7, 11) is 0. The van der Waals surface area contributed by atoms with Crippen LogP contribution in [-0.4, -0.2) is 31.1 Å². The topological polar surface area (TPSA) is 15.3 Å². The Morgan fingerprint density at radius 1 is 1.15 bits per heavy atom. The molecule has 20 heavy (non-hydrogen) atoms. The SMILES string of the molecule is CSCCC(C)NCc1ccc(N2CCCCC2)cc1. The summed E-state index contributed by atoms with van der Waals surface area (Å²) >= 11 is 1.92. The van der Waals surface area contributed by atoms with E-state index in [0.717, 1.165) is 6.54 Å². The molecule has 1 heterocycles. The van der Waals surface area contributed by atoms with Crippen molar-refractivity contribution >= 4 is 17.4 Å². The molecule has 0 aromatic heterocycles. The number of benzene rings is 1. The number of rotatable bonds is 7. The minimum Gasteiger partial charge on any atom is -0.372 e. The molecule has 112 valence electrons. The van der Waals surface area contributed by atoms with Gasteiger partial charge in [-0.05, 0) is 62.3 Å². The first kappa shape index (κ1) is 15.7. The van der Waals surface area contributed by atoms with E-state index in [1.165, 1.54) is 55.8 Å². The van der Waals surface area contributed by atoms with Crippen LogP contribution in [0.2, 0.25) is 0 Å². The second-order valence-electron chi connectivity index (χ2n) is 5.78. The lowest BCUT2D eigenvalue weighted by atomic mass is 10.1. The van der Waals surface area contributed by atoms with Crippen molar-refractivity contribution in [2.24, 2.45) is 0 Å². The molecule has 0 spiro atoms. The highest BCUT2D eigenvalue weighted by atomic mass is 32.2. The van der Waals surface area contributed by atoms with Crippen molar-refractivity contribution in [3.05, 3.63) is 29.8 Å². The quantitative estimate of drug-likeness (QED) is 0.820. The summed E-state index contributed by atoms with van der Waals surface area (Å²) in [5, 5.41) is 3.61. The Morgan fingerprint density at radius 2 is 1.85 bits per heavy atom.